The molecule has 1 aromatic heterocycles. The highest BCUT2D eigenvalue weighted by Gasteiger charge is 2.03. The van der Waals surface area contributed by atoms with Crippen LogP contribution in [0, 0.1) is 6.92 Å². The van der Waals surface area contributed by atoms with Crippen LogP contribution < -0.4 is 10.6 Å². The van der Waals surface area contributed by atoms with E-state index in [0.29, 0.717) is 17.5 Å². The predicted octanol–water partition coefficient (Wildman–Crippen LogP) is 2.58. The normalized spacial score (nSPS) is 9.95. The van der Waals surface area contributed by atoms with E-state index < -0.39 is 0 Å². The summed E-state index contributed by atoms with van der Waals surface area (Å²) in [6.07, 6.45) is 1.59. The van der Waals surface area contributed by atoms with Crippen molar-refractivity contribution in [2.45, 2.75) is 13.5 Å². The molecule has 1 heterocycles. The third-order valence-corrected chi connectivity index (χ3v) is 2.84. The number of pyridine rings is 1. The summed E-state index contributed by atoms with van der Waals surface area (Å²) < 4.78 is 0. The molecule has 0 radical (unpaired) electrons. The Labute approximate surface area is 117 Å². The lowest BCUT2D eigenvalue weighted by Crippen LogP contribution is -2.28. The summed E-state index contributed by atoms with van der Waals surface area (Å²) in [6.45, 7) is 2.67. The molecule has 1 aromatic carbocycles. The second-order valence-electron chi connectivity index (χ2n) is 4.16. The van der Waals surface area contributed by atoms with Gasteiger partial charge in [-0.2, -0.15) is 0 Å². The Morgan fingerprint density at radius 2 is 2.00 bits per heavy atom. The van der Waals surface area contributed by atoms with Gasteiger partial charge in [-0.1, -0.05) is 29.8 Å². The molecular formula is C14H15N3OS. The van der Waals surface area contributed by atoms with Gasteiger partial charge in [-0.05, 0) is 36.8 Å². The highest BCUT2D eigenvalue weighted by molar-refractivity contribution is 7.80. The monoisotopic (exact) mass is 273 g/mol. The standard InChI is InChI=1S/C14H15N3OS/c1-10-4-6-11(7-5-10)9-16-14(19)17-13-12(18)3-2-8-15-13/h2-8,18H,9H2,1H3,(H2,15,16,17,19). The van der Waals surface area contributed by atoms with Crippen LogP contribution in [0.5, 0.6) is 5.75 Å². The van der Waals surface area contributed by atoms with Crippen LogP contribution in [0.2, 0.25) is 0 Å². The van der Waals surface area contributed by atoms with Crippen LogP contribution in [0.25, 0.3) is 0 Å². The van der Waals surface area contributed by atoms with Gasteiger partial charge in [0.1, 0.15) is 0 Å². The first-order chi connectivity index (χ1) is 9.15. The number of aromatic hydroxyl groups is 1. The van der Waals surface area contributed by atoms with Crippen molar-refractivity contribution < 1.29 is 5.11 Å². The molecular weight excluding hydrogens is 258 g/mol. The largest absolute Gasteiger partial charge is 0.504 e. The fourth-order valence-electron chi connectivity index (χ4n) is 1.53. The molecule has 0 bridgehead atoms. The average Bonchev–Trinajstić information content (AvgIpc) is 2.41. The number of benzene rings is 1. The van der Waals surface area contributed by atoms with E-state index in [4.69, 9.17) is 12.2 Å². The van der Waals surface area contributed by atoms with E-state index in [1.807, 2.05) is 19.1 Å². The van der Waals surface area contributed by atoms with Crippen molar-refractivity contribution in [3.05, 3.63) is 53.7 Å². The number of nitrogens with one attached hydrogen (secondary N) is 2. The Hall–Kier alpha value is -2.14. The van der Waals surface area contributed by atoms with Gasteiger partial charge >= 0.3 is 0 Å². The van der Waals surface area contributed by atoms with E-state index in [2.05, 4.69) is 27.8 Å². The van der Waals surface area contributed by atoms with Crippen LogP contribution in [0.1, 0.15) is 11.1 Å². The minimum absolute atomic E-state index is 0.0713. The maximum atomic E-state index is 9.56. The van der Waals surface area contributed by atoms with Gasteiger partial charge in [-0.15, -0.1) is 0 Å². The summed E-state index contributed by atoms with van der Waals surface area (Å²) in [4.78, 5) is 4.00. The minimum Gasteiger partial charge on any atom is -0.504 e. The Bertz CT molecular complexity index is 569. The summed E-state index contributed by atoms with van der Waals surface area (Å²) in [6, 6.07) is 11.4. The summed E-state index contributed by atoms with van der Waals surface area (Å²) in [7, 11) is 0. The number of aryl methyl sites for hydroxylation is 1. The number of hydrogen-bond acceptors (Lipinski definition) is 3. The molecule has 98 valence electrons. The number of hydrogen-bond donors (Lipinski definition) is 3. The zero-order valence-corrected chi connectivity index (χ0v) is 11.4. The predicted molar refractivity (Wildman–Crippen MR) is 80.1 cm³/mol. The molecule has 0 aliphatic heterocycles. The van der Waals surface area contributed by atoms with Crippen molar-refractivity contribution in [2.75, 3.05) is 5.32 Å². The van der Waals surface area contributed by atoms with Crippen LogP contribution in [0.4, 0.5) is 5.82 Å². The quantitative estimate of drug-likeness (QED) is 0.750. The van der Waals surface area contributed by atoms with Gasteiger partial charge < -0.3 is 15.7 Å². The topological polar surface area (TPSA) is 57.2 Å². The first-order valence-corrected chi connectivity index (χ1v) is 6.30. The molecule has 0 aliphatic rings. The molecule has 0 saturated heterocycles. The maximum absolute atomic E-state index is 9.56. The summed E-state index contributed by atoms with van der Waals surface area (Å²) in [5, 5.41) is 15.9. The number of nitrogens with zero attached hydrogens (tertiary/aromatic N) is 1. The van der Waals surface area contributed by atoms with Gasteiger partial charge in [0, 0.05) is 12.7 Å². The first kappa shape index (κ1) is 13.3. The molecule has 0 saturated carbocycles. The van der Waals surface area contributed by atoms with Gasteiger partial charge in [0.2, 0.25) is 0 Å². The third kappa shape index (κ3) is 3.93. The van der Waals surface area contributed by atoms with Crippen LogP contribution >= 0.6 is 12.2 Å². The number of aromatic nitrogens is 1. The summed E-state index contributed by atoms with van der Waals surface area (Å²) in [5.74, 6) is 0.422. The number of rotatable bonds is 3. The summed E-state index contributed by atoms with van der Waals surface area (Å²) >= 11 is 5.15. The molecule has 3 N–H and O–H groups in total. The second kappa shape index (κ2) is 6.15. The number of thiocarbonyl (C=S) groups is 1. The third-order valence-electron chi connectivity index (χ3n) is 2.59. The van der Waals surface area contributed by atoms with Crippen LogP contribution in [0.3, 0.4) is 0 Å². The van der Waals surface area contributed by atoms with Gasteiger partial charge in [0.05, 0.1) is 0 Å². The Kier molecular flexibility index (Phi) is 4.30. The lowest BCUT2D eigenvalue weighted by Gasteiger charge is -2.10. The molecule has 5 heteroatoms. The van der Waals surface area contributed by atoms with Crippen LogP contribution in [-0.2, 0) is 6.54 Å². The molecule has 0 spiro atoms. The fraction of sp³-hybridized carbons (Fsp3) is 0.143. The van der Waals surface area contributed by atoms with Gasteiger partial charge in [-0.3, -0.25) is 0 Å². The van der Waals surface area contributed by atoms with E-state index in [1.54, 1.807) is 18.3 Å². The number of anilines is 1. The van der Waals surface area contributed by atoms with Crippen molar-refractivity contribution in [3.8, 4) is 5.75 Å². The van der Waals surface area contributed by atoms with Gasteiger partial charge in [-0.25, -0.2) is 4.98 Å². The van der Waals surface area contributed by atoms with Gasteiger partial charge in [0.25, 0.3) is 0 Å². The Balaban J connectivity index is 1.88. The van der Waals surface area contributed by atoms with Crippen molar-refractivity contribution in [1.29, 1.82) is 0 Å². The molecule has 0 aliphatic carbocycles. The van der Waals surface area contributed by atoms with Crippen molar-refractivity contribution in [1.82, 2.24) is 10.3 Å². The molecule has 0 atom stereocenters. The SMILES string of the molecule is Cc1ccc(CNC(=S)Nc2ncccc2O)cc1. The van der Waals surface area contributed by atoms with Crippen molar-refractivity contribution in [2.24, 2.45) is 0 Å². The van der Waals surface area contributed by atoms with Crippen molar-refractivity contribution in [3.63, 3.8) is 0 Å². The lowest BCUT2D eigenvalue weighted by molar-refractivity contribution is 0.475. The lowest BCUT2D eigenvalue weighted by atomic mass is 10.1. The Morgan fingerprint density at radius 1 is 1.26 bits per heavy atom. The molecule has 4 nitrogen and oxygen atoms in total. The molecule has 19 heavy (non-hydrogen) atoms. The van der Waals surface area contributed by atoms with E-state index in [9.17, 15) is 5.11 Å². The van der Waals surface area contributed by atoms with E-state index >= 15 is 0 Å². The molecule has 2 rings (SSSR count). The maximum Gasteiger partial charge on any atom is 0.174 e. The molecule has 2 aromatic rings. The highest BCUT2D eigenvalue weighted by atomic mass is 32.1. The smallest absolute Gasteiger partial charge is 0.174 e. The minimum atomic E-state index is 0.0713. The fourth-order valence-corrected chi connectivity index (χ4v) is 1.70. The van der Waals surface area contributed by atoms with Gasteiger partial charge in [0.15, 0.2) is 16.7 Å². The van der Waals surface area contributed by atoms with Crippen molar-refractivity contribution >= 4 is 23.1 Å². The van der Waals surface area contributed by atoms with E-state index in [0.717, 1.165) is 5.56 Å². The zero-order chi connectivity index (χ0) is 13.7. The zero-order valence-electron chi connectivity index (χ0n) is 10.6. The van der Waals surface area contributed by atoms with Crippen LogP contribution in [0.15, 0.2) is 42.6 Å². The van der Waals surface area contributed by atoms with Crippen LogP contribution in [-0.4, -0.2) is 15.2 Å². The Morgan fingerprint density at radius 3 is 2.68 bits per heavy atom. The second-order valence-corrected chi connectivity index (χ2v) is 4.57. The summed E-state index contributed by atoms with van der Waals surface area (Å²) in [5.41, 5.74) is 2.36. The average molecular weight is 273 g/mol. The molecule has 0 unspecified atom stereocenters. The molecule has 0 amide bonds. The highest BCUT2D eigenvalue weighted by Crippen LogP contribution is 2.17. The van der Waals surface area contributed by atoms with E-state index in [1.165, 1.54) is 5.56 Å². The first-order valence-electron chi connectivity index (χ1n) is 5.89. The van der Waals surface area contributed by atoms with E-state index in [-0.39, 0.29) is 5.75 Å². The molecule has 0 fully saturated rings.